The largest absolute Gasteiger partial charge is 0.478 e. The van der Waals surface area contributed by atoms with Crippen LogP contribution in [0.3, 0.4) is 0 Å². The van der Waals surface area contributed by atoms with Crippen LogP contribution in [0.15, 0.2) is 54.6 Å². The molecule has 1 aliphatic heterocycles. The average Bonchev–Trinajstić information content (AvgIpc) is 3.05. The monoisotopic (exact) mass is 295 g/mol. The van der Waals surface area contributed by atoms with E-state index in [9.17, 15) is 9.59 Å². The number of carboxylic acids is 1. The molecule has 1 N–H and O–H groups in total. The van der Waals surface area contributed by atoms with Crippen molar-refractivity contribution in [3.63, 3.8) is 0 Å². The van der Waals surface area contributed by atoms with E-state index < -0.39 is 5.97 Å². The van der Waals surface area contributed by atoms with Gasteiger partial charge < -0.3 is 10.0 Å². The number of hydrogen-bond donors (Lipinski definition) is 1. The zero-order chi connectivity index (χ0) is 15.5. The van der Waals surface area contributed by atoms with E-state index in [1.54, 1.807) is 12.1 Å². The predicted octanol–water partition coefficient (Wildman–Crippen LogP) is 3.01. The molecule has 0 spiro atoms. The molecule has 3 rings (SSSR count). The summed E-state index contributed by atoms with van der Waals surface area (Å²) in [6.45, 7) is 1.45. The Morgan fingerprint density at radius 2 is 1.59 bits per heavy atom. The molecular weight excluding hydrogens is 278 g/mol. The van der Waals surface area contributed by atoms with Crippen molar-refractivity contribution in [3.05, 3.63) is 71.3 Å². The number of hydrogen-bond acceptors (Lipinski definition) is 2. The standard InChI is InChI=1S/C18H17NO3/c20-17(14-6-8-15(9-7-14)18(21)22)19-11-10-16(12-19)13-4-2-1-3-5-13/h1-9,16H,10-12H2,(H,21,22). The maximum Gasteiger partial charge on any atom is 0.335 e. The third-order valence-electron chi connectivity index (χ3n) is 4.13. The van der Waals surface area contributed by atoms with E-state index in [0.717, 1.165) is 13.0 Å². The van der Waals surface area contributed by atoms with Crippen molar-refractivity contribution in [2.45, 2.75) is 12.3 Å². The van der Waals surface area contributed by atoms with Gasteiger partial charge in [-0.05, 0) is 36.2 Å². The maximum atomic E-state index is 12.5. The van der Waals surface area contributed by atoms with Crippen LogP contribution in [0.1, 0.15) is 38.6 Å². The fraction of sp³-hybridized carbons (Fsp3) is 0.222. The van der Waals surface area contributed by atoms with E-state index in [1.807, 2.05) is 23.1 Å². The van der Waals surface area contributed by atoms with E-state index in [2.05, 4.69) is 12.1 Å². The molecule has 112 valence electrons. The van der Waals surface area contributed by atoms with Crippen molar-refractivity contribution in [2.75, 3.05) is 13.1 Å². The molecule has 1 unspecified atom stereocenters. The summed E-state index contributed by atoms with van der Waals surface area (Å²) in [5.41, 5.74) is 2.00. The van der Waals surface area contributed by atoms with Gasteiger partial charge in [-0.2, -0.15) is 0 Å². The lowest BCUT2D eigenvalue weighted by Crippen LogP contribution is -2.28. The molecule has 22 heavy (non-hydrogen) atoms. The van der Waals surface area contributed by atoms with Crippen LogP contribution < -0.4 is 0 Å². The minimum Gasteiger partial charge on any atom is -0.478 e. The van der Waals surface area contributed by atoms with Gasteiger partial charge in [0.2, 0.25) is 0 Å². The van der Waals surface area contributed by atoms with Gasteiger partial charge in [0.1, 0.15) is 0 Å². The highest BCUT2D eigenvalue weighted by molar-refractivity contribution is 5.96. The molecule has 0 aromatic heterocycles. The van der Waals surface area contributed by atoms with Crippen molar-refractivity contribution in [3.8, 4) is 0 Å². The van der Waals surface area contributed by atoms with Crippen LogP contribution in [0.5, 0.6) is 0 Å². The van der Waals surface area contributed by atoms with Gasteiger partial charge in [-0.15, -0.1) is 0 Å². The number of benzene rings is 2. The summed E-state index contributed by atoms with van der Waals surface area (Å²) in [6, 6.07) is 16.3. The molecule has 1 saturated heterocycles. The molecule has 2 aromatic carbocycles. The summed E-state index contributed by atoms with van der Waals surface area (Å²) in [4.78, 5) is 25.2. The van der Waals surface area contributed by atoms with Crippen molar-refractivity contribution >= 4 is 11.9 Å². The Kier molecular flexibility index (Phi) is 3.92. The van der Waals surface area contributed by atoms with Gasteiger partial charge in [0, 0.05) is 24.6 Å². The number of nitrogens with zero attached hydrogens (tertiary/aromatic N) is 1. The van der Waals surface area contributed by atoms with Crippen LogP contribution in [-0.4, -0.2) is 35.0 Å². The number of aromatic carboxylic acids is 1. The summed E-state index contributed by atoms with van der Waals surface area (Å²) in [6.07, 6.45) is 0.961. The second kappa shape index (κ2) is 6.02. The van der Waals surface area contributed by atoms with E-state index in [0.29, 0.717) is 18.0 Å². The number of carbonyl (C=O) groups excluding carboxylic acids is 1. The first-order valence-corrected chi connectivity index (χ1v) is 7.33. The Morgan fingerprint density at radius 3 is 2.23 bits per heavy atom. The molecule has 4 heteroatoms. The lowest BCUT2D eigenvalue weighted by molar-refractivity contribution is 0.0695. The minimum absolute atomic E-state index is 0.0321. The molecule has 1 fully saturated rings. The molecule has 1 heterocycles. The first-order valence-electron chi connectivity index (χ1n) is 7.33. The molecule has 1 aliphatic rings. The van der Waals surface area contributed by atoms with Crippen molar-refractivity contribution in [2.24, 2.45) is 0 Å². The SMILES string of the molecule is O=C(O)c1ccc(C(=O)N2CCC(c3ccccc3)C2)cc1. The topological polar surface area (TPSA) is 57.6 Å². The Morgan fingerprint density at radius 1 is 0.955 bits per heavy atom. The van der Waals surface area contributed by atoms with Gasteiger partial charge in [0.15, 0.2) is 0 Å². The first-order chi connectivity index (χ1) is 10.6. The molecular formula is C18H17NO3. The van der Waals surface area contributed by atoms with Gasteiger partial charge in [-0.3, -0.25) is 4.79 Å². The Balaban J connectivity index is 1.70. The smallest absolute Gasteiger partial charge is 0.335 e. The van der Waals surface area contributed by atoms with E-state index in [4.69, 9.17) is 5.11 Å². The highest BCUT2D eigenvalue weighted by atomic mass is 16.4. The summed E-state index contributed by atoms with van der Waals surface area (Å²) in [7, 11) is 0. The van der Waals surface area contributed by atoms with Crippen LogP contribution in [0, 0.1) is 0 Å². The van der Waals surface area contributed by atoms with Gasteiger partial charge in [0.25, 0.3) is 5.91 Å². The lowest BCUT2D eigenvalue weighted by atomic mass is 9.99. The molecule has 2 aromatic rings. The predicted molar refractivity (Wildman–Crippen MR) is 83.1 cm³/mol. The second-order valence-corrected chi connectivity index (χ2v) is 5.53. The van der Waals surface area contributed by atoms with Gasteiger partial charge in [0.05, 0.1) is 5.56 Å². The number of carbonyl (C=O) groups is 2. The van der Waals surface area contributed by atoms with E-state index in [1.165, 1.54) is 17.7 Å². The Labute approximate surface area is 129 Å². The molecule has 0 aliphatic carbocycles. The molecule has 1 atom stereocenters. The van der Waals surface area contributed by atoms with Crippen molar-refractivity contribution < 1.29 is 14.7 Å². The molecule has 0 radical (unpaired) electrons. The summed E-state index contributed by atoms with van der Waals surface area (Å²) in [5, 5.41) is 8.89. The minimum atomic E-state index is -0.982. The number of rotatable bonds is 3. The van der Waals surface area contributed by atoms with Crippen LogP contribution in [0.25, 0.3) is 0 Å². The fourth-order valence-electron chi connectivity index (χ4n) is 2.88. The third-order valence-corrected chi connectivity index (χ3v) is 4.13. The van der Waals surface area contributed by atoms with Gasteiger partial charge in [-0.25, -0.2) is 4.79 Å². The normalized spacial score (nSPS) is 17.5. The van der Waals surface area contributed by atoms with Crippen LogP contribution in [0.2, 0.25) is 0 Å². The molecule has 1 amide bonds. The first kappa shape index (κ1) is 14.3. The second-order valence-electron chi connectivity index (χ2n) is 5.53. The highest BCUT2D eigenvalue weighted by Gasteiger charge is 2.27. The summed E-state index contributed by atoms with van der Waals surface area (Å²) >= 11 is 0. The number of carboxylic acid groups (broad SMARTS) is 1. The number of amides is 1. The van der Waals surface area contributed by atoms with Gasteiger partial charge in [-0.1, -0.05) is 30.3 Å². The lowest BCUT2D eigenvalue weighted by Gasteiger charge is -2.17. The van der Waals surface area contributed by atoms with Crippen LogP contribution in [0.4, 0.5) is 0 Å². The Hall–Kier alpha value is -2.62. The van der Waals surface area contributed by atoms with Crippen LogP contribution >= 0.6 is 0 Å². The molecule has 0 saturated carbocycles. The zero-order valence-corrected chi connectivity index (χ0v) is 12.1. The average molecular weight is 295 g/mol. The molecule has 0 bridgehead atoms. The Bertz CT molecular complexity index is 679. The van der Waals surface area contributed by atoms with Gasteiger partial charge >= 0.3 is 5.97 Å². The number of likely N-dealkylation sites (tertiary alicyclic amines) is 1. The van der Waals surface area contributed by atoms with Crippen LogP contribution in [-0.2, 0) is 0 Å². The quantitative estimate of drug-likeness (QED) is 0.947. The maximum absolute atomic E-state index is 12.5. The van der Waals surface area contributed by atoms with E-state index >= 15 is 0 Å². The molecule has 4 nitrogen and oxygen atoms in total. The zero-order valence-electron chi connectivity index (χ0n) is 12.1. The van der Waals surface area contributed by atoms with Crippen molar-refractivity contribution in [1.82, 2.24) is 4.90 Å². The third kappa shape index (κ3) is 2.86. The highest BCUT2D eigenvalue weighted by Crippen LogP contribution is 2.27. The van der Waals surface area contributed by atoms with Crippen molar-refractivity contribution in [1.29, 1.82) is 0 Å². The summed E-state index contributed by atoms with van der Waals surface area (Å²) < 4.78 is 0. The summed E-state index contributed by atoms with van der Waals surface area (Å²) in [5.74, 6) is -0.636. The van der Waals surface area contributed by atoms with E-state index in [-0.39, 0.29) is 11.5 Å². The fourth-order valence-corrected chi connectivity index (χ4v) is 2.88.